The van der Waals surface area contributed by atoms with Crippen LogP contribution >= 0.6 is 0 Å². The van der Waals surface area contributed by atoms with Crippen LogP contribution in [0.2, 0.25) is 0 Å². The summed E-state index contributed by atoms with van der Waals surface area (Å²) < 4.78 is 1.98. The minimum absolute atomic E-state index is 0.317. The van der Waals surface area contributed by atoms with Crippen LogP contribution in [0.25, 0.3) is 0 Å². The molecule has 0 bridgehead atoms. The molecule has 0 amide bonds. The van der Waals surface area contributed by atoms with Crippen LogP contribution in [-0.2, 0) is 0 Å². The maximum absolute atomic E-state index is 10.9. The lowest BCUT2D eigenvalue weighted by Crippen LogP contribution is -2.26. The lowest BCUT2D eigenvalue weighted by atomic mass is 10.0. The number of hydrogen-bond acceptors (Lipinski definition) is 3. The molecule has 0 aliphatic heterocycles. The fourth-order valence-corrected chi connectivity index (χ4v) is 1.95. The summed E-state index contributed by atoms with van der Waals surface area (Å²) in [5.41, 5.74) is 0.660. The highest BCUT2D eigenvalue weighted by Gasteiger charge is 2.16. The molecule has 16 heavy (non-hydrogen) atoms. The van der Waals surface area contributed by atoms with Crippen LogP contribution in [0.5, 0.6) is 0 Å². The number of hydrogen-bond donors (Lipinski definition) is 0. The van der Waals surface area contributed by atoms with Crippen LogP contribution in [-0.4, -0.2) is 41.4 Å². The predicted octanol–water partition coefficient (Wildman–Crippen LogP) is 1.84. The zero-order valence-corrected chi connectivity index (χ0v) is 10.6. The molecule has 1 aromatic heterocycles. The van der Waals surface area contributed by atoms with Crippen LogP contribution in [0, 0.1) is 5.92 Å². The van der Waals surface area contributed by atoms with E-state index in [2.05, 4.69) is 23.7 Å². The minimum Gasteiger partial charge on any atom is -0.324 e. The summed E-state index contributed by atoms with van der Waals surface area (Å²) in [4.78, 5) is 17.1. The lowest BCUT2D eigenvalue weighted by molar-refractivity contribution is 0.111. The molecule has 0 aromatic carbocycles. The number of aldehydes is 1. The average Bonchev–Trinajstić information content (AvgIpc) is 2.62. The summed E-state index contributed by atoms with van der Waals surface area (Å²) in [6.07, 6.45) is 5.29. The van der Waals surface area contributed by atoms with Crippen molar-refractivity contribution >= 4 is 6.29 Å². The summed E-state index contributed by atoms with van der Waals surface area (Å²) in [5.74, 6) is 0.604. The normalized spacial score (nSPS) is 13.4. The second-order valence-corrected chi connectivity index (χ2v) is 4.89. The van der Waals surface area contributed by atoms with Gasteiger partial charge in [-0.15, -0.1) is 0 Å². The summed E-state index contributed by atoms with van der Waals surface area (Å²) >= 11 is 0. The molecule has 0 aliphatic rings. The van der Waals surface area contributed by atoms with E-state index in [1.807, 2.05) is 18.7 Å². The van der Waals surface area contributed by atoms with E-state index in [4.69, 9.17) is 0 Å². The fourth-order valence-electron chi connectivity index (χ4n) is 1.95. The van der Waals surface area contributed by atoms with E-state index >= 15 is 0 Å². The topological polar surface area (TPSA) is 38.1 Å². The number of rotatable bonds is 6. The van der Waals surface area contributed by atoms with E-state index < -0.39 is 0 Å². The molecular formula is C12H21N3O. The second-order valence-electron chi connectivity index (χ2n) is 4.89. The first-order valence-electron chi connectivity index (χ1n) is 5.66. The third kappa shape index (κ3) is 3.45. The second kappa shape index (κ2) is 5.80. The summed E-state index contributed by atoms with van der Waals surface area (Å²) in [5, 5.41) is 0. The summed E-state index contributed by atoms with van der Waals surface area (Å²) in [6, 6.07) is 0.317. The van der Waals surface area contributed by atoms with Crippen molar-refractivity contribution in [2.45, 2.75) is 26.3 Å². The highest BCUT2D eigenvalue weighted by Crippen LogP contribution is 2.19. The number of aromatic nitrogens is 2. The van der Waals surface area contributed by atoms with Crippen molar-refractivity contribution in [1.82, 2.24) is 14.5 Å². The predicted molar refractivity (Wildman–Crippen MR) is 64.7 cm³/mol. The van der Waals surface area contributed by atoms with Crippen molar-refractivity contribution in [3.63, 3.8) is 0 Å². The molecule has 0 aliphatic carbocycles. The molecule has 1 unspecified atom stereocenters. The number of imidazole rings is 1. The minimum atomic E-state index is 0.317. The Kier molecular flexibility index (Phi) is 4.68. The molecule has 0 spiro atoms. The first kappa shape index (κ1) is 12.9. The molecule has 1 aromatic rings. The highest BCUT2D eigenvalue weighted by atomic mass is 16.1. The molecule has 0 saturated carbocycles. The standard InChI is InChI=1S/C12H21N3O/c1-10(2)5-11(7-14(3)4)15-9-13-6-12(15)8-16/h6,8-11H,5,7H2,1-4H3. The molecule has 1 atom stereocenters. The quantitative estimate of drug-likeness (QED) is 0.691. The Morgan fingerprint density at radius 1 is 1.50 bits per heavy atom. The van der Waals surface area contributed by atoms with Crippen LogP contribution in [0.4, 0.5) is 0 Å². The molecule has 1 heterocycles. The first-order valence-corrected chi connectivity index (χ1v) is 5.66. The molecule has 0 N–H and O–H groups in total. The van der Waals surface area contributed by atoms with Gasteiger partial charge >= 0.3 is 0 Å². The van der Waals surface area contributed by atoms with Gasteiger partial charge in [0.05, 0.1) is 12.5 Å². The number of carbonyl (C=O) groups is 1. The van der Waals surface area contributed by atoms with Crippen molar-refractivity contribution in [3.05, 3.63) is 18.2 Å². The SMILES string of the molecule is CC(C)CC(CN(C)C)n1cncc1C=O. The number of likely N-dealkylation sites (N-methyl/N-ethyl adjacent to an activating group) is 1. The lowest BCUT2D eigenvalue weighted by Gasteiger charge is -2.24. The van der Waals surface area contributed by atoms with Crippen LogP contribution in [0.1, 0.15) is 36.8 Å². The maximum Gasteiger partial charge on any atom is 0.168 e. The van der Waals surface area contributed by atoms with Gasteiger partial charge in [0.2, 0.25) is 0 Å². The smallest absolute Gasteiger partial charge is 0.168 e. The van der Waals surface area contributed by atoms with Gasteiger partial charge < -0.3 is 9.47 Å². The Bertz CT molecular complexity index is 321. The van der Waals surface area contributed by atoms with Gasteiger partial charge in [0, 0.05) is 12.6 Å². The number of nitrogens with zero attached hydrogens (tertiary/aromatic N) is 3. The van der Waals surface area contributed by atoms with Gasteiger partial charge in [-0.25, -0.2) is 4.98 Å². The van der Waals surface area contributed by atoms with Gasteiger partial charge in [0.1, 0.15) is 5.69 Å². The summed E-state index contributed by atoms with van der Waals surface area (Å²) in [6.45, 7) is 5.32. The van der Waals surface area contributed by atoms with Crippen molar-refractivity contribution in [1.29, 1.82) is 0 Å². The van der Waals surface area contributed by atoms with Gasteiger partial charge in [0.25, 0.3) is 0 Å². The average molecular weight is 223 g/mol. The third-order valence-electron chi connectivity index (χ3n) is 2.53. The van der Waals surface area contributed by atoms with E-state index in [9.17, 15) is 4.79 Å². The van der Waals surface area contributed by atoms with Crippen molar-refractivity contribution in [2.24, 2.45) is 5.92 Å². The fraction of sp³-hybridized carbons (Fsp3) is 0.667. The monoisotopic (exact) mass is 223 g/mol. The Hall–Kier alpha value is -1.16. The van der Waals surface area contributed by atoms with Crippen molar-refractivity contribution < 1.29 is 4.79 Å². The van der Waals surface area contributed by atoms with Gasteiger partial charge in [-0.3, -0.25) is 4.79 Å². The molecule has 1 rings (SSSR count). The largest absolute Gasteiger partial charge is 0.324 e. The Balaban J connectivity index is 2.86. The maximum atomic E-state index is 10.9. The number of carbonyl (C=O) groups excluding carboxylic acids is 1. The van der Waals surface area contributed by atoms with Gasteiger partial charge in [0.15, 0.2) is 6.29 Å². The Morgan fingerprint density at radius 3 is 2.69 bits per heavy atom. The molecule has 90 valence electrons. The van der Waals surface area contributed by atoms with Crippen LogP contribution in [0.15, 0.2) is 12.5 Å². The molecule has 0 radical (unpaired) electrons. The van der Waals surface area contributed by atoms with Crippen LogP contribution < -0.4 is 0 Å². The zero-order valence-electron chi connectivity index (χ0n) is 10.6. The van der Waals surface area contributed by atoms with E-state index in [1.54, 1.807) is 12.5 Å². The molecule has 4 heteroatoms. The molecular weight excluding hydrogens is 202 g/mol. The molecule has 0 fully saturated rings. The third-order valence-corrected chi connectivity index (χ3v) is 2.53. The van der Waals surface area contributed by atoms with E-state index in [-0.39, 0.29) is 0 Å². The van der Waals surface area contributed by atoms with Crippen molar-refractivity contribution in [3.8, 4) is 0 Å². The van der Waals surface area contributed by atoms with Crippen molar-refractivity contribution in [2.75, 3.05) is 20.6 Å². The Morgan fingerprint density at radius 2 is 2.19 bits per heavy atom. The van der Waals surface area contributed by atoms with Gasteiger partial charge in [-0.05, 0) is 26.4 Å². The first-order chi connectivity index (χ1) is 7.54. The molecule has 4 nitrogen and oxygen atoms in total. The zero-order chi connectivity index (χ0) is 12.1. The molecule has 0 saturated heterocycles. The van der Waals surface area contributed by atoms with Gasteiger partial charge in [-0.2, -0.15) is 0 Å². The van der Waals surface area contributed by atoms with E-state index in [0.29, 0.717) is 17.7 Å². The van der Waals surface area contributed by atoms with Crippen LogP contribution in [0.3, 0.4) is 0 Å². The Labute approximate surface area is 97.3 Å². The van der Waals surface area contributed by atoms with Gasteiger partial charge in [-0.1, -0.05) is 13.8 Å². The van der Waals surface area contributed by atoms with E-state index in [0.717, 1.165) is 19.3 Å². The summed E-state index contributed by atoms with van der Waals surface area (Å²) in [7, 11) is 4.09. The highest BCUT2D eigenvalue weighted by molar-refractivity contribution is 5.71. The van der Waals surface area contributed by atoms with E-state index in [1.165, 1.54) is 0 Å².